The Hall–Kier alpha value is -3.89. The van der Waals surface area contributed by atoms with Crippen LogP contribution in [0.5, 0.6) is 0 Å². The van der Waals surface area contributed by atoms with E-state index in [1.807, 2.05) is 18.2 Å². The molecule has 2 amide bonds. The lowest BCUT2D eigenvalue weighted by Gasteiger charge is -2.33. The second-order valence-electron chi connectivity index (χ2n) is 8.45. The minimum absolute atomic E-state index is 0.0299. The van der Waals surface area contributed by atoms with Crippen LogP contribution in [0.2, 0.25) is 0 Å². The van der Waals surface area contributed by atoms with Crippen LogP contribution < -0.4 is 4.90 Å². The summed E-state index contributed by atoms with van der Waals surface area (Å²) in [7, 11) is 1.79. The maximum Gasteiger partial charge on any atom is 0.324 e. The van der Waals surface area contributed by atoms with Gasteiger partial charge in [0.05, 0.1) is 23.9 Å². The summed E-state index contributed by atoms with van der Waals surface area (Å²) in [6.07, 6.45) is 1.72. The highest BCUT2D eigenvalue weighted by Gasteiger charge is 2.27. The van der Waals surface area contributed by atoms with E-state index in [2.05, 4.69) is 15.3 Å². The lowest BCUT2D eigenvalue weighted by molar-refractivity contribution is 0.116. The minimum Gasteiger partial charge on any atom is -0.415 e. The Morgan fingerprint density at radius 3 is 2.66 bits per heavy atom. The molecule has 0 aliphatic carbocycles. The molecule has 1 fully saturated rings. The van der Waals surface area contributed by atoms with Crippen LogP contribution in [-0.4, -0.2) is 44.0 Å². The summed E-state index contributed by atoms with van der Waals surface area (Å²) in [5.41, 5.74) is 1.82. The monoisotopic (exact) mass is 484 g/mol. The largest absolute Gasteiger partial charge is 0.415 e. The molecule has 0 radical (unpaired) electrons. The van der Waals surface area contributed by atoms with E-state index in [1.54, 1.807) is 27.7 Å². The van der Waals surface area contributed by atoms with Crippen molar-refractivity contribution in [2.45, 2.75) is 32.2 Å². The number of alkyl halides is 2. The lowest BCUT2D eigenvalue weighted by atomic mass is 10.1. The van der Waals surface area contributed by atoms with Crippen molar-refractivity contribution in [2.24, 2.45) is 7.05 Å². The van der Waals surface area contributed by atoms with Crippen LogP contribution in [-0.2, 0) is 13.6 Å². The zero-order valence-corrected chi connectivity index (χ0v) is 19.0. The zero-order chi connectivity index (χ0) is 24.5. The van der Waals surface area contributed by atoms with E-state index >= 15 is 4.39 Å². The molecule has 182 valence electrons. The molecule has 5 rings (SSSR count). The summed E-state index contributed by atoms with van der Waals surface area (Å²) in [4.78, 5) is 17.0. The predicted octanol–water partition coefficient (Wildman–Crippen LogP) is 5.31. The van der Waals surface area contributed by atoms with Crippen molar-refractivity contribution in [3.8, 4) is 11.5 Å². The van der Waals surface area contributed by atoms with E-state index in [-0.39, 0.29) is 29.6 Å². The number of aryl methyl sites for hydroxylation is 1. The minimum atomic E-state index is -2.91. The molecule has 3 heterocycles. The first-order chi connectivity index (χ1) is 16.9. The third kappa shape index (κ3) is 4.45. The van der Waals surface area contributed by atoms with E-state index in [0.717, 1.165) is 36.2 Å². The Kier molecular flexibility index (Phi) is 6.14. The molecule has 1 saturated heterocycles. The summed E-state index contributed by atoms with van der Waals surface area (Å²) in [6, 6.07) is 9.51. The molecule has 8 nitrogen and oxygen atoms in total. The van der Waals surface area contributed by atoms with Gasteiger partial charge in [-0.1, -0.05) is 18.2 Å². The molecule has 0 N–H and O–H groups in total. The van der Waals surface area contributed by atoms with Gasteiger partial charge in [-0.05, 0) is 37.5 Å². The van der Waals surface area contributed by atoms with Crippen LogP contribution in [0.15, 0.2) is 47.0 Å². The number of halogens is 3. The molecule has 2 aromatic heterocycles. The van der Waals surface area contributed by atoms with Gasteiger partial charge in [0.2, 0.25) is 5.89 Å². The number of nitrogens with zero attached hydrogens (tertiary/aromatic N) is 6. The Bertz CT molecular complexity index is 1360. The lowest BCUT2D eigenvalue weighted by Crippen LogP contribution is -2.45. The van der Waals surface area contributed by atoms with Crippen molar-refractivity contribution in [1.82, 2.24) is 24.9 Å². The number of urea groups is 1. The highest BCUT2D eigenvalue weighted by Crippen LogP contribution is 2.31. The van der Waals surface area contributed by atoms with E-state index < -0.39 is 18.1 Å². The van der Waals surface area contributed by atoms with Gasteiger partial charge in [0.15, 0.2) is 0 Å². The van der Waals surface area contributed by atoms with Gasteiger partial charge in [0.1, 0.15) is 5.82 Å². The van der Waals surface area contributed by atoms with Gasteiger partial charge in [-0.15, -0.1) is 10.2 Å². The second-order valence-corrected chi connectivity index (χ2v) is 8.45. The first-order valence-electron chi connectivity index (χ1n) is 11.3. The van der Waals surface area contributed by atoms with Crippen LogP contribution >= 0.6 is 0 Å². The number of para-hydroxylation sites is 1. The summed E-state index contributed by atoms with van der Waals surface area (Å²) in [6.45, 7) is 1.25. The fraction of sp³-hybridized carbons (Fsp3) is 0.333. The number of piperidine rings is 1. The smallest absolute Gasteiger partial charge is 0.324 e. The number of carbonyl (C=O) groups is 1. The molecule has 1 aliphatic heterocycles. The number of aromatic nitrogens is 4. The highest BCUT2D eigenvalue weighted by atomic mass is 19.3. The normalized spacial score (nSPS) is 14.1. The summed E-state index contributed by atoms with van der Waals surface area (Å²) in [5, 5.41) is 12.0. The third-order valence-corrected chi connectivity index (χ3v) is 6.14. The summed E-state index contributed by atoms with van der Waals surface area (Å²) >= 11 is 0. The highest BCUT2D eigenvalue weighted by molar-refractivity contribution is 6.01. The van der Waals surface area contributed by atoms with Crippen molar-refractivity contribution in [3.05, 3.63) is 59.9 Å². The van der Waals surface area contributed by atoms with Crippen molar-refractivity contribution in [1.29, 1.82) is 0 Å². The van der Waals surface area contributed by atoms with Gasteiger partial charge in [-0.3, -0.25) is 9.58 Å². The van der Waals surface area contributed by atoms with Crippen molar-refractivity contribution < 1.29 is 22.4 Å². The van der Waals surface area contributed by atoms with E-state index in [9.17, 15) is 13.6 Å². The molecule has 0 bridgehead atoms. The molecule has 11 heteroatoms. The Morgan fingerprint density at radius 2 is 1.94 bits per heavy atom. The maximum atomic E-state index is 15.2. The fourth-order valence-corrected chi connectivity index (χ4v) is 4.36. The van der Waals surface area contributed by atoms with E-state index in [4.69, 9.17) is 4.42 Å². The standard InChI is InChI=1S/C24H23F3N6O2/c1-31-20-16(13-28-31)6-5-7-19(20)33(24(34)32-10-3-2-4-11-32)14-17-9-8-15(12-18(17)25)22-29-30-23(35-22)21(26)27/h5-9,12-13,21H,2-4,10-11,14H2,1H3. The summed E-state index contributed by atoms with van der Waals surface area (Å²) < 4.78 is 47.4. The summed E-state index contributed by atoms with van der Waals surface area (Å²) in [5.74, 6) is -1.65. The molecular weight excluding hydrogens is 461 g/mol. The van der Waals surface area contributed by atoms with Gasteiger partial charge in [-0.25, -0.2) is 9.18 Å². The van der Waals surface area contributed by atoms with Gasteiger partial charge in [0.25, 0.3) is 5.89 Å². The van der Waals surface area contributed by atoms with Gasteiger partial charge in [-0.2, -0.15) is 13.9 Å². The number of rotatable bonds is 5. The van der Waals surface area contributed by atoms with Gasteiger partial charge in [0, 0.05) is 36.7 Å². The molecule has 4 aromatic rings. The molecule has 1 aliphatic rings. The predicted molar refractivity (Wildman–Crippen MR) is 122 cm³/mol. The van der Waals surface area contributed by atoms with Crippen molar-refractivity contribution in [3.63, 3.8) is 0 Å². The van der Waals surface area contributed by atoms with Gasteiger partial charge >= 0.3 is 12.5 Å². The fourth-order valence-electron chi connectivity index (χ4n) is 4.36. The number of amides is 2. The van der Waals surface area contributed by atoms with E-state index in [1.165, 1.54) is 12.1 Å². The number of anilines is 1. The topological polar surface area (TPSA) is 80.3 Å². The second kappa shape index (κ2) is 9.40. The van der Waals surface area contributed by atoms with Crippen molar-refractivity contribution in [2.75, 3.05) is 18.0 Å². The number of fused-ring (bicyclic) bond motifs is 1. The van der Waals surface area contributed by atoms with Gasteiger partial charge < -0.3 is 9.32 Å². The molecule has 35 heavy (non-hydrogen) atoms. The number of hydrogen-bond acceptors (Lipinski definition) is 5. The Balaban J connectivity index is 1.51. The van der Waals surface area contributed by atoms with Crippen molar-refractivity contribution >= 4 is 22.6 Å². The molecule has 0 saturated carbocycles. The maximum absolute atomic E-state index is 15.2. The van der Waals surface area contributed by atoms with Crippen LogP contribution in [0.1, 0.15) is 37.1 Å². The zero-order valence-electron chi connectivity index (χ0n) is 19.0. The quantitative estimate of drug-likeness (QED) is 0.383. The Morgan fingerprint density at radius 1 is 1.14 bits per heavy atom. The number of likely N-dealkylation sites (tertiary alicyclic amines) is 1. The average molecular weight is 484 g/mol. The third-order valence-electron chi connectivity index (χ3n) is 6.14. The average Bonchev–Trinajstić information content (AvgIpc) is 3.51. The molecule has 2 aromatic carbocycles. The number of benzene rings is 2. The van der Waals surface area contributed by atoms with Crippen LogP contribution in [0, 0.1) is 5.82 Å². The first kappa shape index (κ1) is 22.9. The van der Waals surface area contributed by atoms with E-state index in [0.29, 0.717) is 18.8 Å². The molecule has 0 spiro atoms. The first-order valence-corrected chi connectivity index (χ1v) is 11.3. The SMILES string of the molecule is Cn1ncc2cccc(N(Cc3ccc(-c4nnc(C(F)F)o4)cc3F)C(=O)N3CCCCC3)c21. The Labute approximate surface area is 198 Å². The molecule has 0 atom stereocenters. The number of hydrogen-bond donors (Lipinski definition) is 0. The molecular formula is C24H23F3N6O2. The van der Waals surface area contributed by atoms with Crippen LogP contribution in [0.4, 0.5) is 23.7 Å². The number of carbonyl (C=O) groups excluding carboxylic acids is 1. The molecule has 0 unspecified atom stereocenters. The van der Waals surface area contributed by atoms with Crippen LogP contribution in [0.3, 0.4) is 0 Å². The van der Waals surface area contributed by atoms with Crippen LogP contribution in [0.25, 0.3) is 22.4 Å².